The van der Waals surface area contributed by atoms with Crippen LogP contribution < -0.4 is 5.32 Å². The van der Waals surface area contributed by atoms with Crippen molar-refractivity contribution in [3.8, 4) is 6.07 Å². The summed E-state index contributed by atoms with van der Waals surface area (Å²) in [6.45, 7) is 3.70. The molecule has 0 bridgehead atoms. The maximum atomic E-state index is 8.71. The predicted molar refractivity (Wildman–Crippen MR) is 77.3 cm³/mol. The van der Waals surface area contributed by atoms with Crippen LogP contribution in [0, 0.1) is 11.3 Å². The maximum absolute atomic E-state index is 8.71. The first-order chi connectivity index (χ1) is 9.78. The van der Waals surface area contributed by atoms with Crippen LogP contribution >= 0.6 is 0 Å². The third kappa shape index (κ3) is 3.91. The number of anilines is 1. The van der Waals surface area contributed by atoms with Crippen molar-refractivity contribution in [2.75, 3.05) is 18.5 Å². The molecule has 1 N–H and O–H groups in total. The summed E-state index contributed by atoms with van der Waals surface area (Å²) in [6, 6.07) is 1.97. The highest BCUT2D eigenvalue weighted by atomic mass is 16.5. The molecule has 0 aromatic carbocycles. The fraction of sp³-hybridized carbons (Fsp3) is 0.667. The third-order valence-corrected chi connectivity index (χ3v) is 3.74. The SMILES string of the molecule is CCCOC1(CNc2cnc(C#N)cn2)CCCCC1. The zero-order valence-electron chi connectivity index (χ0n) is 12.1. The molecule has 1 aliphatic carbocycles. The molecular formula is C15H22N4O. The zero-order valence-corrected chi connectivity index (χ0v) is 12.1. The summed E-state index contributed by atoms with van der Waals surface area (Å²) in [5, 5.41) is 12.0. The molecule has 1 fully saturated rings. The smallest absolute Gasteiger partial charge is 0.158 e. The van der Waals surface area contributed by atoms with Crippen LogP contribution in [-0.2, 0) is 4.74 Å². The minimum absolute atomic E-state index is 0.0656. The topological polar surface area (TPSA) is 70.8 Å². The Morgan fingerprint density at radius 2 is 2.10 bits per heavy atom. The molecule has 0 unspecified atom stereocenters. The molecule has 20 heavy (non-hydrogen) atoms. The van der Waals surface area contributed by atoms with Crippen LogP contribution in [0.25, 0.3) is 0 Å². The molecule has 108 valence electrons. The van der Waals surface area contributed by atoms with Gasteiger partial charge in [-0.2, -0.15) is 5.26 Å². The summed E-state index contributed by atoms with van der Waals surface area (Å²) < 4.78 is 6.12. The fourth-order valence-electron chi connectivity index (χ4n) is 2.62. The lowest BCUT2D eigenvalue weighted by Crippen LogP contribution is -2.42. The molecule has 0 amide bonds. The summed E-state index contributed by atoms with van der Waals surface area (Å²) in [6.07, 6.45) is 10.1. The molecule has 1 aromatic heterocycles. The minimum atomic E-state index is -0.0656. The van der Waals surface area contributed by atoms with Gasteiger partial charge in [-0.05, 0) is 19.3 Å². The Kier molecular flexibility index (Phi) is 5.31. The second-order valence-corrected chi connectivity index (χ2v) is 5.34. The second-order valence-electron chi connectivity index (χ2n) is 5.34. The van der Waals surface area contributed by atoms with E-state index in [0.29, 0.717) is 11.5 Å². The summed E-state index contributed by atoms with van der Waals surface area (Å²) >= 11 is 0. The third-order valence-electron chi connectivity index (χ3n) is 3.74. The largest absolute Gasteiger partial charge is 0.373 e. The lowest BCUT2D eigenvalue weighted by molar-refractivity contribution is -0.0599. The van der Waals surface area contributed by atoms with Gasteiger partial charge in [0.2, 0.25) is 0 Å². The number of hydrogen-bond donors (Lipinski definition) is 1. The Balaban J connectivity index is 1.95. The molecule has 1 aromatic rings. The fourth-order valence-corrected chi connectivity index (χ4v) is 2.62. The van der Waals surface area contributed by atoms with Crippen molar-refractivity contribution in [1.82, 2.24) is 9.97 Å². The van der Waals surface area contributed by atoms with Crippen LogP contribution in [0.3, 0.4) is 0 Å². The van der Waals surface area contributed by atoms with Gasteiger partial charge in [-0.25, -0.2) is 9.97 Å². The summed E-state index contributed by atoms with van der Waals surface area (Å²) in [7, 11) is 0. The lowest BCUT2D eigenvalue weighted by Gasteiger charge is -2.37. The quantitative estimate of drug-likeness (QED) is 0.863. The maximum Gasteiger partial charge on any atom is 0.158 e. The number of ether oxygens (including phenoxy) is 1. The van der Waals surface area contributed by atoms with E-state index in [1.165, 1.54) is 25.5 Å². The van der Waals surface area contributed by atoms with Gasteiger partial charge in [0.15, 0.2) is 5.69 Å². The van der Waals surface area contributed by atoms with Gasteiger partial charge >= 0.3 is 0 Å². The summed E-state index contributed by atoms with van der Waals surface area (Å²) in [4.78, 5) is 8.21. The Morgan fingerprint density at radius 3 is 2.70 bits per heavy atom. The number of nitriles is 1. The molecule has 0 radical (unpaired) electrons. The Morgan fingerprint density at radius 1 is 1.30 bits per heavy atom. The highest BCUT2D eigenvalue weighted by Crippen LogP contribution is 2.32. The first-order valence-electron chi connectivity index (χ1n) is 7.38. The van der Waals surface area contributed by atoms with Crippen LogP contribution in [0.4, 0.5) is 5.82 Å². The van der Waals surface area contributed by atoms with Crippen LogP contribution in [0.2, 0.25) is 0 Å². The van der Waals surface area contributed by atoms with Crippen LogP contribution in [-0.4, -0.2) is 28.7 Å². The number of rotatable bonds is 6. The van der Waals surface area contributed by atoms with Gasteiger partial charge in [-0.1, -0.05) is 26.2 Å². The van der Waals surface area contributed by atoms with E-state index in [1.54, 1.807) is 6.20 Å². The number of nitrogens with one attached hydrogen (secondary N) is 1. The van der Waals surface area contributed by atoms with E-state index in [0.717, 1.165) is 32.4 Å². The van der Waals surface area contributed by atoms with Crippen molar-refractivity contribution < 1.29 is 4.74 Å². The van der Waals surface area contributed by atoms with Crippen molar-refractivity contribution in [1.29, 1.82) is 5.26 Å². The summed E-state index contributed by atoms with van der Waals surface area (Å²) in [5.74, 6) is 0.703. The molecule has 5 nitrogen and oxygen atoms in total. The zero-order chi connectivity index (χ0) is 14.3. The Bertz CT molecular complexity index is 446. The minimum Gasteiger partial charge on any atom is -0.373 e. The van der Waals surface area contributed by atoms with Crippen molar-refractivity contribution in [3.05, 3.63) is 18.1 Å². The molecule has 5 heteroatoms. The van der Waals surface area contributed by atoms with Gasteiger partial charge in [0.05, 0.1) is 18.0 Å². The van der Waals surface area contributed by atoms with E-state index in [9.17, 15) is 0 Å². The van der Waals surface area contributed by atoms with Crippen LogP contribution in [0.15, 0.2) is 12.4 Å². The van der Waals surface area contributed by atoms with Crippen molar-refractivity contribution in [3.63, 3.8) is 0 Å². The first-order valence-corrected chi connectivity index (χ1v) is 7.38. The van der Waals surface area contributed by atoms with Crippen molar-refractivity contribution in [2.45, 2.75) is 51.0 Å². The van der Waals surface area contributed by atoms with Crippen LogP contribution in [0.1, 0.15) is 51.1 Å². The number of aromatic nitrogens is 2. The van der Waals surface area contributed by atoms with E-state index < -0.39 is 0 Å². The van der Waals surface area contributed by atoms with Crippen LogP contribution in [0.5, 0.6) is 0 Å². The molecule has 1 saturated carbocycles. The average Bonchev–Trinajstić information content (AvgIpc) is 2.52. The van der Waals surface area contributed by atoms with Gasteiger partial charge in [-0.15, -0.1) is 0 Å². The summed E-state index contributed by atoms with van der Waals surface area (Å²) in [5.41, 5.74) is 0.272. The predicted octanol–water partition coefficient (Wildman–Crippen LogP) is 2.89. The monoisotopic (exact) mass is 274 g/mol. The molecule has 0 aliphatic heterocycles. The van der Waals surface area contributed by atoms with Gasteiger partial charge in [0.25, 0.3) is 0 Å². The normalized spacial score (nSPS) is 17.4. The van der Waals surface area contributed by atoms with Crippen molar-refractivity contribution >= 4 is 5.82 Å². The van der Waals surface area contributed by atoms with E-state index in [2.05, 4.69) is 22.2 Å². The molecule has 0 atom stereocenters. The average molecular weight is 274 g/mol. The molecule has 0 saturated heterocycles. The highest BCUT2D eigenvalue weighted by molar-refractivity contribution is 5.33. The number of nitrogens with zero attached hydrogens (tertiary/aromatic N) is 3. The first kappa shape index (κ1) is 14.7. The van der Waals surface area contributed by atoms with E-state index in [-0.39, 0.29) is 5.60 Å². The molecule has 0 spiro atoms. The Hall–Kier alpha value is -1.67. The standard InChI is InChI=1S/C15H22N4O/c1-2-8-20-15(6-4-3-5-7-15)12-19-14-11-17-13(9-16)10-18-14/h10-11H,2-8,12H2,1H3,(H,18,19). The molecule has 1 aliphatic rings. The molecule has 2 rings (SSSR count). The van der Waals surface area contributed by atoms with Crippen molar-refractivity contribution in [2.24, 2.45) is 0 Å². The van der Waals surface area contributed by atoms with E-state index in [1.807, 2.05) is 6.07 Å². The molecule has 1 heterocycles. The van der Waals surface area contributed by atoms with Gasteiger partial charge in [0.1, 0.15) is 11.9 Å². The number of hydrogen-bond acceptors (Lipinski definition) is 5. The lowest BCUT2D eigenvalue weighted by atomic mass is 9.84. The Labute approximate surface area is 120 Å². The van der Waals surface area contributed by atoms with E-state index >= 15 is 0 Å². The molecular weight excluding hydrogens is 252 g/mol. The van der Waals surface area contributed by atoms with Gasteiger partial charge < -0.3 is 10.1 Å². The van der Waals surface area contributed by atoms with E-state index in [4.69, 9.17) is 10.00 Å². The highest BCUT2D eigenvalue weighted by Gasteiger charge is 2.32. The second kappa shape index (κ2) is 7.20. The van der Waals surface area contributed by atoms with Gasteiger partial charge in [0, 0.05) is 13.2 Å². The van der Waals surface area contributed by atoms with Gasteiger partial charge in [-0.3, -0.25) is 0 Å².